The maximum atomic E-state index is 12.6. The summed E-state index contributed by atoms with van der Waals surface area (Å²) in [6.45, 7) is 8.82. The van der Waals surface area contributed by atoms with Gasteiger partial charge in [0, 0.05) is 0 Å². The van der Waals surface area contributed by atoms with E-state index < -0.39 is 14.4 Å². The maximum absolute atomic E-state index is 12.6. The summed E-state index contributed by atoms with van der Waals surface area (Å²) in [5, 5.41) is 2.24. The van der Waals surface area contributed by atoms with Crippen LogP contribution in [0.1, 0.15) is 36.7 Å². The summed E-state index contributed by atoms with van der Waals surface area (Å²) in [4.78, 5) is 12.6. The normalized spacial score (nSPS) is 17.9. The molecule has 4 nitrogen and oxygen atoms in total. The molecule has 0 saturated carbocycles. The van der Waals surface area contributed by atoms with Gasteiger partial charge in [0.2, 0.25) is 0 Å². The second-order valence-electron chi connectivity index (χ2n) is 9.71. The van der Waals surface area contributed by atoms with Crippen LogP contribution in [0.25, 0.3) is 0 Å². The van der Waals surface area contributed by atoms with Crippen molar-refractivity contribution in [1.29, 1.82) is 0 Å². The molecule has 0 radical (unpaired) electrons. The molecular weight excluding hydrogens is 440 g/mol. The van der Waals surface area contributed by atoms with Crippen molar-refractivity contribution < 1.29 is 18.7 Å². The summed E-state index contributed by atoms with van der Waals surface area (Å²) >= 11 is 0. The van der Waals surface area contributed by atoms with Crippen LogP contribution in [0.2, 0.25) is 5.04 Å². The van der Waals surface area contributed by atoms with Crippen LogP contribution in [0.4, 0.5) is 0 Å². The second kappa shape index (κ2) is 10.00. The Kier molecular flexibility index (Phi) is 7.05. The van der Waals surface area contributed by atoms with E-state index in [4.69, 9.17) is 13.9 Å². The van der Waals surface area contributed by atoms with Crippen LogP contribution in [0, 0.1) is 6.92 Å². The van der Waals surface area contributed by atoms with Gasteiger partial charge in [-0.05, 0) is 40.5 Å². The largest absolute Gasteiger partial charge is 0.492 e. The molecule has 0 amide bonds. The average molecular weight is 473 g/mol. The standard InChI is InChI=1S/C29H32O4Si/c1-22-15-17-23(18-16-22)28(30)32-21-27-26(19-20-31-27)33-34(29(2,3)4,24-11-7-5-8-12-24)25-13-9-6-10-14-25/h5-20,26-27H,21H2,1-4H3/t26-,27+/m0/s1. The van der Waals surface area contributed by atoms with E-state index in [1.807, 2.05) is 37.3 Å². The van der Waals surface area contributed by atoms with E-state index in [1.165, 1.54) is 10.4 Å². The van der Waals surface area contributed by atoms with Crippen molar-refractivity contribution in [3.63, 3.8) is 0 Å². The number of carbonyl (C=O) groups excluding carboxylic acids is 1. The van der Waals surface area contributed by atoms with Gasteiger partial charge in [-0.3, -0.25) is 0 Å². The molecule has 1 aliphatic heterocycles. The van der Waals surface area contributed by atoms with Crippen LogP contribution < -0.4 is 10.4 Å². The predicted octanol–water partition coefficient (Wildman–Crippen LogP) is 5.01. The molecule has 0 saturated heterocycles. The van der Waals surface area contributed by atoms with E-state index in [0.717, 1.165) is 5.56 Å². The summed E-state index contributed by atoms with van der Waals surface area (Å²) in [5.41, 5.74) is 1.62. The first-order chi connectivity index (χ1) is 16.3. The molecule has 0 aliphatic carbocycles. The molecule has 0 fully saturated rings. The van der Waals surface area contributed by atoms with Gasteiger partial charge in [0.1, 0.15) is 12.7 Å². The van der Waals surface area contributed by atoms with E-state index in [1.54, 1.807) is 18.4 Å². The number of benzene rings is 3. The Bertz CT molecular complexity index is 1080. The summed E-state index contributed by atoms with van der Waals surface area (Å²) in [5.74, 6) is -0.361. The van der Waals surface area contributed by atoms with Crippen LogP contribution in [0.3, 0.4) is 0 Å². The molecular formula is C29H32O4Si. The van der Waals surface area contributed by atoms with Crippen LogP contribution in [-0.4, -0.2) is 33.1 Å². The number of hydrogen-bond acceptors (Lipinski definition) is 4. The van der Waals surface area contributed by atoms with Gasteiger partial charge < -0.3 is 13.9 Å². The molecule has 0 unspecified atom stereocenters. The maximum Gasteiger partial charge on any atom is 0.338 e. The van der Waals surface area contributed by atoms with Crippen LogP contribution >= 0.6 is 0 Å². The molecule has 0 N–H and O–H groups in total. The van der Waals surface area contributed by atoms with Crippen molar-refractivity contribution in [2.75, 3.05) is 6.61 Å². The second-order valence-corrected chi connectivity index (χ2v) is 14.0. The Morgan fingerprint density at radius 2 is 1.44 bits per heavy atom. The van der Waals surface area contributed by atoms with E-state index in [0.29, 0.717) is 5.56 Å². The zero-order valence-corrected chi connectivity index (χ0v) is 21.2. The molecule has 176 valence electrons. The third-order valence-electron chi connectivity index (χ3n) is 6.28. The fourth-order valence-electron chi connectivity index (χ4n) is 4.50. The van der Waals surface area contributed by atoms with E-state index in [2.05, 4.69) is 69.3 Å². The molecule has 3 aromatic carbocycles. The Morgan fingerprint density at radius 3 is 1.97 bits per heavy atom. The monoisotopic (exact) mass is 472 g/mol. The fraction of sp³-hybridized carbons (Fsp3) is 0.276. The van der Waals surface area contributed by atoms with Gasteiger partial charge >= 0.3 is 5.97 Å². The minimum absolute atomic E-state index is 0.114. The van der Waals surface area contributed by atoms with Crippen molar-refractivity contribution in [2.24, 2.45) is 0 Å². The number of ether oxygens (including phenoxy) is 2. The highest BCUT2D eigenvalue weighted by molar-refractivity contribution is 6.99. The minimum atomic E-state index is -2.75. The SMILES string of the molecule is Cc1ccc(C(=O)OC[C@H]2OC=C[C@@H]2O[Si](c2ccccc2)(c2ccccc2)C(C)(C)C)cc1. The Labute approximate surface area is 203 Å². The molecule has 3 aromatic rings. The first-order valence-electron chi connectivity index (χ1n) is 11.7. The lowest BCUT2D eigenvalue weighted by atomic mass is 10.1. The van der Waals surface area contributed by atoms with Gasteiger partial charge in [0.15, 0.2) is 6.10 Å². The topological polar surface area (TPSA) is 44.8 Å². The highest BCUT2D eigenvalue weighted by Gasteiger charge is 2.52. The van der Waals surface area contributed by atoms with Gasteiger partial charge in [-0.25, -0.2) is 4.79 Å². The summed E-state index contributed by atoms with van der Waals surface area (Å²) in [6, 6.07) is 28.3. The molecule has 4 rings (SSSR count). The van der Waals surface area contributed by atoms with Crippen molar-refractivity contribution in [2.45, 2.75) is 44.9 Å². The van der Waals surface area contributed by atoms with E-state index in [9.17, 15) is 4.79 Å². The number of aryl methyl sites for hydroxylation is 1. The van der Waals surface area contributed by atoms with Crippen molar-refractivity contribution >= 4 is 24.7 Å². The zero-order valence-electron chi connectivity index (χ0n) is 20.2. The molecule has 1 aliphatic rings. The van der Waals surface area contributed by atoms with Gasteiger partial charge in [-0.2, -0.15) is 0 Å². The lowest BCUT2D eigenvalue weighted by Crippen LogP contribution is -2.68. The average Bonchev–Trinajstić information content (AvgIpc) is 3.28. The number of esters is 1. The lowest BCUT2D eigenvalue weighted by Gasteiger charge is -2.44. The summed E-state index contributed by atoms with van der Waals surface area (Å²) in [6.07, 6.45) is 2.85. The molecule has 2 atom stereocenters. The summed E-state index contributed by atoms with van der Waals surface area (Å²) in [7, 11) is -2.75. The number of hydrogen-bond donors (Lipinski definition) is 0. The van der Waals surface area contributed by atoms with Crippen LogP contribution in [0.15, 0.2) is 97.3 Å². The first-order valence-corrected chi connectivity index (χ1v) is 13.6. The predicted molar refractivity (Wildman–Crippen MR) is 138 cm³/mol. The number of carbonyl (C=O) groups is 1. The van der Waals surface area contributed by atoms with Crippen molar-refractivity contribution in [3.8, 4) is 0 Å². The van der Waals surface area contributed by atoms with E-state index >= 15 is 0 Å². The van der Waals surface area contributed by atoms with Gasteiger partial charge in [0.05, 0.1) is 11.8 Å². The molecule has 0 aromatic heterocycles. The Hall–Kier alpha value is -3.15. The minimum Gasteiger partial charge on any atom is -0.492 e. The van der Waals surface area contributed by atoms with Crippen molar-refractivity contribution in [3.05, 3.63) is 108 Å². The molecule has 1 heterocycles. The van der Waals surface area contributed by atoms with E-state index in [-0.39, 0.29) is 23.7 Å². The Balaban J connectivity index is 1.61. The highest BCUT2D eigenvalue weighted by Crippen LogP contribution is 2.38. The lowest BCUT2D eigenvalue weighted by molar-refractivity contribution is 0.00104. The molecule has 34 heavy (non-hydrogen) atoms. The Morgan fingerprint density at radius 1 is 0.882 bits per heavy atom. The third-order valence-corrected chi connectivity index (χ3v) is 11.3. The van der Waals surface area contributed by atoms with Crippen molar-refractivity contribution in [1.82, 2.24) is 0 Å². The molecule has 0 bridgehead atoms. The van der Waals surface area contributed by atoms with Gasteiger partial charge in [-0.15, -0.1) is 0 Å². The first kappa shape index (κ1) is 24.0. The quantitative estimate of drug-likeness (QED) is 0.358. The molecule has 5 heteroatoms. The smallest absolute Gasteiger partial charge is 0.338 e. The van der Waals surface area contributed by atoms with Gasteiger partial charge in [-0.1, -0.05) is 99.1 Å². The summed E-state index contributed by atoms with van der Waals surface area (Å²) < 4.78 is 18.6. The zero-order chi connectivity index (χ0) is 24.2. The highest BCUT2D eigenvalue weighted by atomic mass is 28.4. The van der Waals surface area contributed by atoms with Crippen LogP contribution in [0.5, 0.6) is 0 Å². The van der Waals surface area contributed by atoms with Gasteiger partial charge in [0.25, 0.3) is 8.32 Å². The molecule has 0 spiro atoms. The number of rotatable bonds is 7. The van der Waals surface area contributed by atoms with Crippen LogP contribution in [-0.2, 0) is 13.9 Å². The third kappa shape index (κ3) is 4.86. The fourth-order valence-corrected chi connectivity index (χ4v) is 9.15.